The summed E-state index contributed by atoms with van der Waals surface area (Å²) < 4.78 is 15.2. The Kier molecular flexibility index (Phi) is 5.14. The van der Waals surface area contributed by atoms with Crippen molar-refractivity contribution in [3.8, 4) is 11.4 Å². The second-order valence-electron chi connectivity index (χ2n) is 6.90. The van der Waals surface area contributed by atoms with Gasteiger partial charge in [0.2, 0.25) is 11.7 Å². The molecule has 1 aliphatic rings. The molecule has 2 aromatic heterocycles. The van der Waals surface area contributed by atoms with Crippen molar-refractivity contribution in [1.29, 1.82) is 0 Å². The van der Waals surface area contributed by atoms with Gasteiger partial charge >= 0.3 is 0 Å². The number of amides is 1. The quantitative estimate of drug-likeness (QED) is 0.674. The number of carbonyl (C=O) groups excluding carboxylic acids is 1. The summed E-state index contributed by atoms with van der Waals surface area (Å²) in [4.78, 5) is 20.4. The average Bonchev–Trinajstić information content (AvgIpc) is 3.38. The second kappa shape index (κ2) is 7.87. The van der Waals surface area contributed by atoms with Crippen LogP contribution in [0.4, 0.5) is 4.39 Å². The lowest BCUT2D eigenvalue weighted by Gasteiger charge is -2.32. The summed E-state index contributed by atoms with van der Waals surface area (Å²) in [5, 5.41) is 12.2. The first kappa shape index (κ1) is 18.3. The molecule has 0 aliphatic carbocycles. The minimum atomic E-state index is -0.324. The molecule has 4 rings (SSSR count). The Labute approximate surface area is 162 Å². The third-order valence-electron chi connectivity index (χ3n) is 5.06. The highest BCUT2D eigenvalue weighted by atomic mass is 19.1. The van der Waals surface area contributed by atoms with Gasteiger partial charge in [-0.25, -0.2) is 9.37 Å². The van der Waals surface area contributed by atoms with Gasteiger partial charge in [-0.1, -0.05) is 0 Å². The Morgan fingerprint density at radius 1 is 1.29 bits per heavy atom. The molecular weight excluding hydrogens is 361 g/mol. The average molecular weight is 383 g/mol. The van der Waals surface area contributed by atoms with Crippen LogP contribution < -0.4 is 0 Å². The van der Waals surface area contributed by atoms with Crippen LogP contribution in [0.3, 0.4) is 0 Å². The Hall–Kier alpha value is -3.10. The number of likely N-dealkylation sites (tertiary alicyclic amines) is 1. The van der Waals surface area contributed by atoms with Crippen LogP contribution in [0.1, 0.15) is 31.5 Å². The molecule has 1 saturated heterocycles. The van der Waals surface area contributed by atoms with Crippen molar-refractivity contribution < 1.29 is 9.18 Å². The number of benzene rings is 1. The van der Waals surface area contributed by atoms with Crippen molar-refractivity contribution in [1.82, 2.24) is 34.7 Å². The van der Waals surface area contributed by atoms with E-state index in [-0.39, 0.29) is 24.2 Å². The number of aromatic nitrogens is 6. The van der Waals surface area contributed by atoms with E-state index in [1.807, 2.05) is 17.3 Å². The molecule has 1 aromatic carbocycles. The van der Waals surface area contributed by atoms with Gasteiger partial charge in [-0.15, -0.1) is 10.2 Å². The molecule has 1 fully saturated rings. The topological polar surface area (TPSA) is 81.7 Å². The van der Waals surface area contributed by atoms with Gasteiger partial charge in [-0.3, -0.25) is 4.79 Å². The van der Waals surface area contributed by atoms with Crippen molar-refractivity contribution in [3.05, 3.63) is 48.3 Å². The summed E-state index contributed by atoms with van der Waals surface area (Å²) in [6.07, 6.45) is 5.76. The molecule has 8 nitrogen and oxygen atoms in total. The third kappa shape index (κ3) is 3.78. The van der Waals surface area contributed by atoms with E-state index in [0.29, 0.717) is 17.9 Å². The number of nitrogens with zero attached hydrogens (tertiary/aromatic N) is 7. The van der Waals surface area contributed by atoms with E-state index in [1.54, 1.807) is 12.1 Å². The number of hydrogen-bond donors (Lipinski definition) is 0. The number of tetrazole rings is 1. The molecule has 0 saturated carbocycles. The molecule has 1 atom stereocenters. The predicted molar refractivity (Wildman–Crippen MR) is 99.7 cm³/mol. The summed E-state index contributed by atoms with van der Waals surface area (Å²) in [5.41, 5.74) is 0.657. The van der Waals surface area contributed by atoms with Crippen molar-refractivity contribution >= 4 is 5.91 Å². The summed E-state index contributed by atoms with van der Waals surface area (Å²) >= 11 is 0. The molecule has 1 amide bonds. The standard InChI is InChI=1S/C19H22FN7O/c1-2-25-11-9-21-19(25)15-4-3-10-26(12-15)17(28)13-27-23-18(22-24-27)14-5-7-16(20)8-6-14/h5-9,11,15H,2-4,10,12-13H2,1H3/t15-/m1/s1. The van der Waals surface area contributed by atoms with E-state index in [1.165, 1.54) is 16.9 Å². The molecule has 0 N–H and O–H groups in total. The Balaban J connectivity index is 1.41. The summed E-state index contributed by atoms with van der Waals surface area (Å²) in [5.74, 6) is 1.29. The molecule has 3 heterocycles. The zero-order chi connectivity index (χ0) is 19.5. The largest absolute Gasteiger partial charge is 0.340 e. The molecular formula is C19H22FN7O. The molecule has 0 bridgehead atoms. The number of hydrogen-bond acceptors (Lipinski definition) is 5. The lowest BCUT2D eigenvalue weighted by atomic mass is 9.97. The fraction of sp³-hybridized carbons (Fsp3) is 0.421. The van der Waals surface area contributed by atoms with E-state index in [9.17, 15) is 9.18 Å². The Bertz CT molecular complexity index is 949. The number of imidazole rings is 1. The number of aryl methyl sites for hydroxylation is 1. The van der Waals surface area contributed by atoms with Gasteiger partial charge in [0.05, 0.1) is 0 Å². The van der Waals surface area contributed by atoms with Gasteiger partial charge in [-0.2, -0.15) is 4.80 Å². The zero-order valence-corrected chi connectivity index (χ0v) is 15.7. The smallest absolute Gasteiger partial charge is 0.246 e. The van der Waals surface area contributed by atoms with Gasteiger partial charge in [0, 0.05) is 43.5 Å². The normalized spacial score (nSPS) is 17.1. The minimum absolute atomic E-state index is 0.0309. The Morgan fingerprint density at radius 3 is 2.89 bits per heavy atom. The van der Waals surface area contributed by atoms with Crippen LogP contribution >= 0.6 is 0 Å². The fourth-order valence-corrected chi connectivity index (χ4v) is 3.61. The van der Waals surface area contributed by atoms with E-state index in [4.69, 9.17) is 0 Å². The maximum atomic E-state index is 13.0. The van der Waals surface area contributed by atoms with Crippen LogP contribution in [0.5, 0.6) is 0 Å². The highest BCUT2D eigenvalue weighted by Crippen LogP contribution is 2.26. The minimum Gasteiger partial charge on any atom is -0.340 e. The van der Waals surface area contributed by atoms with E-state index in [2.05, 4.69) is 31.9 Å². The van der Waals surface area contributed by atoms with E-state index >= 15 is 0 Å². The summed E-state index contributed by atoms with van der Waals surface area (Å²) in [7, 11) is 0. The van der Waals surface area contributed by atoms with E-state index < -0.39 is 0 Å². The fourth-order valence-electron chi connectivity index (χ4n) is 3.61. The molecule has 3 aromatic rings. The van der Waals surface area contributed by atoms with Crippen LogP contribution in [0.25, 0.3) is 11.4 Å². The van der Waals surface area contributed by atoms with Crippen LogP contribution in [0.15, 0.2) is 36.7 Å². The van der Waals surface area contributed by atoms with Crippen LogP contribution in [0, 0.1) is 5.82 Å². The van der Waals surface area contributed by atoms with Crippen molar-refractivity contribution in [3.63, 3.8) is 0 Å². The molecule has 0 radical (unpaired) electrons. The number of piperidine rings is 1. The molecule has 146 valence electrons. The lowest BCUT2D eigenvalue weighted by Crippen LogP contribution is -2.41. The third-order valence-corrected chi connectivity index (χ3v) is 5.06. The molecule has 9 heteroatoms. The lowest BCUT2D eigenvalue weighted by molar-refractivity contribution is -0.133. The maximum absolute atomic E-state index is 13.0. The first-order valence-corrected chi connectivity index (χ1v) is 9.46. The van der Waals surface area contributed by atoms with E-state index in [0.717, 1.165) is 31.8 Å². The van der Waals surface area contributed by atoms with Crippen LogP contribution in [0.2, 0.25) is 0 Å². The predicted octanol–water partition coefficient (Wildman–Crippen LogP) is 2.10. The highest BCUT2D eigenvalue weighted by Gasteiger charge is 2.27. The first-order valence-electron chi connectivity index (χ1n) is 9.46. The molecule has 28 heavy (non-hydrogen) atoms. The van der Waals surface area contributed by atoms with Crippen LogP contribution in [-0.4, -0.2) is 53.7 Å². The monoisotopic (exact) mass is 383 g/mol. The SMILES string of the molecule is CCn1ccnc1[C@@H]1CCCN(C(=O)Cn2nnc(-c3ccc(F)cc3)n2)C1. The van der Waals surface area contributed by atoms with Gasteiger partial charge in [0.1, 0.15) is 18.2 Å². The maximum Gasteiger partial charge on any atom is 0.246 e. The number of rotatable bonds is 5. The van der Waals surface area contributed by atoms with Gasteiger partial charge in [0.15, 0.2) is 0 Å². The number of halogens is 1. The van der Waals surface area contributed by atoms with Gasteiger partial charge in [0.25, 0.3) is 0 Å². The first-order chi connectivity index (χ1) is 13.6. The van der Waals surface area contributed by atoms with Crippen molar-refractivity contribution in [2.45, 2.75) is 38.8 Å². The highest BCUT2D eigenvalue weighted by molar-refractivity contribution is 5.76. The molecule has 1 aliphatic heterocycles. The summed E-state index contributed by atoms with van der Waals surface area (Å²) in [6.45, 7) is 4.36. The van der Waals surface area contributed by atoms with Gasteiger partial charge < -0.3 is 9.47 Å². The number of carbonyl (C=O) groups is 1. The van der Waals surface area contributed by atoms with Crippen molar-refractivity contribution in [2.75, 3.05) is 13.1 Å². The summed E-state index contributed by atoms with van der Waals surface area (Å²) in [6, 6.07) is 5.86. The Morgan fingerprint density at radius 2 is 2.11 bits per heavy atom. The molecule has 0 unspecified atom stereocenters. The van der Waals surface area contributed by atoms with Gasteiger partial charge in [-0.05, 0) is 49.2 Å². The van der Waals surface area contributed by atoms with Crippen LogP contribution in [-0.2, 0) is 17.9 Å². The molecule has 0 spiro atoms. The van der Waals surface area contributed by atoms with Crippen molar-refractivity contribution in [2.24, 2.45) is 0 Å². The zero-order valence-electron chi connectivity index (χ0n) is 15.7. The second-order valence-corrected chi connectivity index (χ2v) is 6.90.